The minimum atomic E-state index is -5.08. The van der Waals surface area contributed by atoms with Crippen molar-refractivity contribution < 1.29 is 42.2 Å². The molecule has 2 aromatic heterocycles. The Bertz CT molecular complexity index is 1810. The highest BCUT2D eigenvalue weighted by molar-refractivity contribution is 5.96. The van der Waals surface area contributed by atoms with Crippen LogP contribution in [0.25, 0.3) is 11.0 Å². The van der Waals surface area contributed by atoms with E-state index in [0.717, 1.165) is 73.2 Å². The van der Waals surface area contributed by atoms with Gasteiger partial charge in [-0.1, -0.05) is 26.2 Å². The van der Waals surface area contributed by atoms with Gasteiger partial charge in [-0.15, -0.1) is 0 Å². The van der Waals surface area contributed by atoms with E-state index in [1.165, 1.54) is 32.2 Å². The van der Waals surface area contributed by atoms with Gasteiger partial charge in [0.2, 0.25) is 5.91 Å². The van der Waals surface area contributed by atoms with E-state index >= 15 is 0 Å². The number of unbranched alkanes of at least 4 members (excludes halogenated alkanes) is 4. The Balaban J connectivity index is 0.000000973. The molecule has 1 aromatic carbocycles. The molecule has 18 heteroatoms. The third-order valence-corrected chi connectivity index (χ3v) is 10.6. The number of hydrogen-bond acceptors (Lipinski definition) is 9. The second-order valence-corrected chi connectivity index (χ2v) is 14.6. The minimum Gasteiger partial charge on any atom is -0.475 e. The van der Waals surface area contributed by atoms with Crippen molar-refractivity contribution in [2.75, 3.05) is 50.5 Å². The van der Waals surface area contributed by atoms with Gasteiger partial charge >= 0.3 is 18.2 Å². The van der Waals surface area contributed by atoms with Gasteiger partial charge < -0.3 is 36.4 Å². The standard InChI is InChI=1S/C38H57N9O4.C2HF3O2/c1-4-33-31(35(32-25-41-47(5-2)36(32)44-33)43-29-18-22-46(23-19-29)38(39)50)24-40-37(49)27-14-16-28(17-15-27)42-34(48)13-9-7-6-8-10-20-45-21-11-12-30(45)26-51-3;3-2(4,5)1(6)7/h14-17,25,29-30H,4-13,18-24,26H2,1-3H3,(H2,39,50)(H,40,49)(H,42,48)(H,43,44);(H,6,7)/t30-;/m1./s1. The number of piperidine rings is 1. The number of urea groups is 1. The first-order chi connectivity index (χ1) is 27.7. The molecule has 6 N–H and O–H groups in total. The molecule has 5 rings (SSSR count). The number of fused-ring (bicyclic) bond motifs is 1. The summed E-state index contributed by atoms with van der Waals surface area (Å²) in [4.78, 5) is 55.7. The first kappa shape index (κ1) is 45.7. The number of carboxylic acids is 1. The number of hydrogen-bond donors (Lipinski definition) is 5. The van der Waals surface area contributed by atoms with Crippen molar-refractivity contribution in [2.24, 2.45) is 5.73 Å². The van der Waals surface area contributed by atoms with Crippen molar-refractivity contribution in [3.63, 3.8) is 0 Å². The molecule has 0 unspecified atom stereocenters. The van der Waals surface area contributed by atoms with Gasteiger partial charge in [0.1, 0.15) is 0 Å². The first-order valence-corrected chi connectivity index (χ1v) is 20.1. The molecule has 0 aliphatic carbocycles. The number of anilines is 2. The summed E-state index contributed by atoms with van der Waals surface area (Å²) in [6.07, 6.45) is 7.39. The number of halogens is 3. The number of ether oxygens (including phenoxy) is 1. The average molecular weight is 818 g/mol. The lowest BCUT2D eigenvalue weighted by atomic mass is 10.0. The van der Waals surface area contributed by atoms with Crippen molar-refractivity contribution >= 4 is 46.2 Å². The summed E-state index contributed by atoms with van der Waals surface area (Å²) >= 11 is 0. The number of nitrogens with two attached hydrogens (primary N) is 1. The van der Waals surface area contributed by atoms with E-state index in [4.69, 9.17) is 25.4 Å². The molecule has 4 heterocycles. The van der Waals surface area contributed by atoms with Gasteiger partial charge in [0.15, 0.2) is 5.65 Å². The molecule has 15 nitrogen and oxygen atoms in total. The number of nitrogens with one attached hydrogen (secondary N) is 3. The minimum absolute atomic E-state index is 0.00612. The number of primary amides is 1. The fraction of sp³-hybridized carbons (Fsp3) is 0.600. The SMILES string of the molecule is CCc1nc2c(cnn2CC)c(NC2CCN(C(N)=O)CC2)c1CNC(=O)c1ccc(NC(=O)CCCCCCCN2CCC[C@@H]2COC)cc1.O=C(O)C(F)(F)F. The van der Waals surface area contributed by atoms with Crippen molar-refractivity contribution in [1.29, 1.82) is 0 Å². The summed E-state index contributed by atoms with van der Waals surface area (Å²) in [5.74, 6) is -2.97. The number of aryl methyl sites for hydroxylation is 2. The third kappa shape index (κ3) is 13.3. The quantitative estimate of drug-likeness (QED) is 0.0962. The fourth-order valence-electron chi connectivity index (χ4n) is 7.40. The Morgan fingerprint density at radius 1 is 0.983 bits per heavy atom. The summed E-state index contributed by atoms with van der Waals surface area (Å²) < 4.78 is 39.0. The second kappa shape index (κ2) is 22.3. The highest BCUT2D eigenvalue weighted by Crippen LogP contribution is 2.31. The Labute approximate surface area is 337 Å². The molecule has 4 amide bonds. The van der Waals surface area contributed by atoms with Gasteiger partial charge in [0.05, 0.1) is 23.9 Å². The molecule has 0 bridgehead atoms. The summed E-state index contributed by atoms with van der Waals surface area (Å²) in [7, 11) is 1.78. The van der Waals surface area contributed by atoms with Crippen LogP contribution in [0.2, 0.25) is 0 Å². The number of carbonyl (C=O) groups is 4. The molecular weight excluding hydrogens is 759 g/mol. The van der Waals surface area contributed by atoms with Gasteiger partial charge in [-0.05, 0) is 89.2 Å². The van der Waals surface area contributed by atoms with E-state index in [-0.39, 0.29) is 24.4 Å². The number of methoxy groups -OCH3 is 1. The predicted molar refractivity (Wildman–Crippen MR) is 214 cm³/mol. The van der Waals surface area contributed by atoms with Gasteiger partial charge in [0.25, 0.3) is 5.91 Å². The van der Waals surface area contributed by atoms with Crippen LogP contribution in [-0.4, -0.2) is 112 Å². The molecule has 320 valence electrons. The Morgan fingerprint density at radius 3 is 2.28 bits per heavy atom. The second-order valence-electron chi connectivity index (χ2n) is 14.6. The van der Waals surface area contributed by atoms with Gasteiger partial charge in [-0.2, -0.15) is 18.3 Å². The van der Waals surface area contributed by atoms with Crippen LogP contribution in [0.5, 0.6) is 0 Å². The van der Waals surface area contributed by atoms with Crippen LogP contribution in [0.3, 0.4) is 0 Å². The molecule has 1 atom stereocenters. The number of pyridine rings is 1. The zero-order chi connectivity index (χ0) is 42.2. The smallest absolute Gasteiger partial charge is 0.475 e. The summed E-state index contributed by atoms with van der Waals surface area (Å²) in [6, 6.07) is 7.35. The fourth-order valence-corrected chi connectivity index (χ4v) is 7.40. The molecule has 3 aromatic rings. The van der Waals surface area contributed by atoms with Crippen LogP contribution in [-0.2, 0) is 33.8 Å². The first-order valence-electron chi connectivity index (χ1n) is 20.1. The maximum absolute atomic E-state index is 13.3. The number of aromatic nitrogens is 3. The lowest BCUT2D eigenvalue weighted by Gasteiger charge is -2.32. The Morgan fingerprint density at radius 2 is 1.66 bits per heavy atom. The molecule has 2 aliphatic heterocycles. The Hall–Kier alpha value is -4.97. The van der Waals surface area contributed by atoms with Crippen LogP contribution < -0.4 is 21.7 Å². The lowest BCUT2D eigenvalue weighted by molar-refractivity contribution is -0.192. The summed E-state index contributed by atoms with van der Waals surface area (Å²) in [5, 5.41) is 22.4. The molecule has 2 aliphatic rings. The lowest BCUT2D eigenvalue weighted by Crippen LogP contribution is -2.44. The van der Waals surface area contributed by atoms with Gasteiger partial charge in [-0.25, -0.2) is 19.3 Å². The number of aliphatic carboxylic acids is 1. The van der Waals surface area contributed by atoms with E-state index in [1.807, 2.05) is 17.8 Å². The van der Waals surface area contributed by atoms with Crippen LogP contribution in [0.15, 0.2) is 30.5 Å². The van der Waals surface area contributed by atoms with Crippen molar-refractivity contribution in [3.8, 4) is 0 Å². The van der Waals surface area contributed by atoms with Gasteiger partial charge in [0, 0.05) is 74.3 Å². The Kier molecular flexibility index (Phi) is 17.5. The molecule has 2 fully saturated rings. The third-order valence-electron chi connectivity index (χ3n) is 10.6. The summed E-state index contributed by atoms with van der Waals surface area (Å²) in [6.45, 7) is 9.41. The van der Waals surface area contributed by atoms with E-state index in [9.17, 15) is 27.6 Å². The topological polar surface area (TPSA) is 197 Å². The normalized spacial score (nSPS) is 16.2. The van der Waals surface area contributed by atoms with Crippen molar-refractivity contribution in [1.82, 2.24) is 29.9 Å². The molecule has 0 saturated carbocycles. The number of benzene rings is 1. The number of nitrogens with zero attached hydrogens (tertiary/aromatic N) is 5. The molecule has 0 spiro atoms. The maximum atomic E-state index is 13.3. The van der Waals surface area contributed by atoms with Crippen molar-refractivity contribution in [3.05, 3.63) is 47.3 Å². The number of alkyl halides is 3. The van der Waals surface area contributed by atoms with Crippen LogP contribution in [0.1, 0.15) is 99.7 Å². The highest BCUT2D eigenvalue weighted by atomic mass is 19.4. The average Bonchev–Trinajstić information content (AvgIpc) is 3.83. The largest absolute Gasteiger partial charge is 0.490 e. The molecule has 58 heavy (non-hydrogen) atoms. The predicted octanol–water partition coefficient (Wildman–Crippen LogP) is 5.92. The highest BCUT2D eigenvalue weighted by Gasteiger charge is 2.38. The van der Waals surface area contributed by atoms with E-state index in [0.29, 0.717) is 49.8 Å². The van der Waals surface area contributed by atoms with Crippen LogP contribution in [0.4, 0.5) is 29.3 Å². The number of likely N-dealkylation sites (tertiary alicyclic amines) is 2. The van der Waals surface area contributed by atoms with E-state index in [1.54, 1.807) is 36.3 Å². The zero-order valence-corrected chi connectivity index (χ0v) is 33.7. The molecular formula is C40H58F3N9O6. The number of rotatable bonds is 18. The zero-order valence-electron chi connectivity index (χ0n) is 33.7. The summed E-state index contributed by atoms with van der Waals surface area (Å²) in [5.41, 5.74) is 10.2. The number of amides is 4. The van der Waals surface area contributed by atoms with Gasteiger partial charge in [-0.3, -0.25) is 14.5 Å². The van der Waals surface area contributed by atoms with Crippen LogP contribution >= 0.6 is 0 Å². The molecule has 0 radical (unpaired) electrons. The van der Waals surface area contributed by atoms with Crippen LogP contribution in [0, 0.1) is 0 Å². The monoisotopic (exact) mass is 817 g/mol. The number of carbonyl (C=O) groups excluding carboxylic acids is 3. The maximum Gasteiger partial charge on any atom is 0.490 e. The molecule has 2 saturated heterocycles. The van der Waals surface area contributed by atoms with Crippen molar-refractivity contribution in [2.45, 2.75) is 116 Å². The van der Waals surface area contributed by atoms with E-state index < -0.39 is 18.2 Å². The van der Waals surface area contributed by atoms with E-state index in [2.05, 4.69) is 32.9 Å². The number of carboxylic acid groups (broad SMARTS) is 1.